The van der Waals surface area contributed by atoms with Crippen LogP contribution in [0.1, 0.15) is 19.5 Å². The van der Waals surface area contributed by atoms with Crippen LogP contribution in [-0.2, 0) is 6.42 Å². The first-order valence-corrected chi connectivity index (χ1v) is 6.64. The molecule has 2 aromatic heterocycles. The summed E-state index contributed by atoms with van der Waals surface area (Å²) in [6, 6.07) is 5.55. The fraction of sp³-hybridized carbons (Fsp3) is 0.357. The zero-order valence-electron chi connectivity index (χ0n) is 11.3. The van der Waals surface area contributed by atoms with Crippen molar-refractivity contribution in [1.29, 1.82) is 0 Å². The van der Waals surface area contributed by atoms with Crippen LogP contribution in [0.5, 0.6) is 0 Å². The third-order valence-corrected chi connectivity index (χ3v) is 2.93. The van der Waals surface area contributed by atoms with Crippen LogP contribution in [0.25, 0.3) is 11.5 Å². The molecule has 0 unspecified atom stereocenters. The van der Waals surface area contributed by atoms with Crippen molar-refractivity contribution in [1.82, 2.24) is 15.0 Å². The molecule has 2 aromatic rings. The molecular formula is C14H17ClN4. The maximum Gasteiger partial charge on any atom is 0.181 e. The van der Waals surface area contributed by atoms with E-state index in [9.17, 15) is 0 Å². The molecular weight excluding hydrogens is 260 g/mol. The van der Waals surface area contributed by atoms with Crippen molar-refractivity contribution in [2.45, 2.75) is 20.3 Å². The smallest absolute Gasteiger partial charge is 0.181 e. The van der Waals surface area contributed by atoms with Crippen molar-refractivity contribution in [2.24, 2.45) is 5.92 Å². The first kappa shape index (κ1) is 13.7. The van der Waals surface area contributed by atoms with E-state index in [-0.39, 0.29) is 0 Å². The van der Waals surface area contributed by atoms with Gasteiger partial charge in [-0.15, -0.1) is 0 Å². The van der Waals surface area contributed by atoms with Gasteiger partial charge in [-0.25, -0.2) is 9.97 Å². The molecule has 19 heavy (non-hydrogen) atoms. The molecule has 0 fully saturated rings. The van der Waals surface area contributed by atoms with Crippen molar-refractivity contribution in [2.75, 3.05) is 12.4 Å². The molecule has 0 amide bonds. The summed E-state index contributed by atoms with van der Waals surface area (Å²) in [5.74, 6) is 1.88. The maximum absolute atomic E-state index is 6.15. The van der Waals surface area contributed by atoms with Crippen LogP contribution in [0, 0.1) is 5.92 Å². The quantitative estimate of drug-likeness (QED) is 0.929. The van der Waals surface area contributed by atoms with Gasteiger partial charge in [0.1, 0.15) is 11.5 Å². The van der Waals surface area contributed by atoms with Crippen LogP contribution < -0.4 is 5.32 Å². The minimum Gasteiger partial charge on any atom is -0.373 e. The van der Waals surface area contributed by atoms with Gasteiger partial charge in [-0.3, -0.25) is 4.98 Å². The van der Waals surface area contributed by atoms with Crippen LogP contribution in [0.4, 0.5) is 5.82 Å². The summed E-state index contributed by atoms with van der Waals surface area (Å²) in [7, 11) is 1.84. The summed E-state index contributed by atoms with van der Waals surface area (Å²) in [6.07, 6.45) is 2.59. The van der Waals surface area contributed by atoms with Gasteiger partial charge in [0.2, 0.25) is 0 Å². The van der Waals surface area contributed by atoms with Crippen molar-refractivity contribution in [3.8, 4) is 11.5 Å². The number of rotatable bonds is 4. The van der Waals surface area contributed by atoms with E-state index in [2.05, 4.69) is 34.1 Å². The molecule has 1 N–H and O–H groups in total. The second-order valence-corrected chi connectivity index (χ2v) is 5.16. The summed E-state index contributed by atoms with van der Waals surface area (Å²) in [6.45, 7) is 4.32. The lowest BCUT2D eigenvalue weighted by atomic mass is 10.1. The first-order valence-electron chi connectivity index (χ1n) is 6.26. The summed E-state index contributed by atoms with van der Waals surface area (Å²) in [5, 5.41) is 3.61. The molecule has 0 aliphatic heterocycles. The molecule has 0 spiro atoms. The summed E-state index contributed by atoms with van der Waals surface area (Å²) < 4.78 is 0. The Hall–Kier alpha value is -1.68. The molecule has 0 aromatic carbocycles. The lowest BCUT2D eigenvalue weighted by Crippen LogP contribution is -2.04. The largest absolute Gasteiger partial charge is 0.373 e. The van der Waals surface area contributed by atoms with Crippen LogP contribution in [0.15, 0.2) is 24.4 Å². The Balaban J connectivity index is 2.48. The first-order chi connectivity index (χ1) is 9.10. The minimum atomic E-state index is 0.534. The molecule has 0 atom stereocenters. The van der Waals surface area contributed by atoms with Crippen LogP contribution in [0.2, 0.25) is 5.02 Å². The number of halogens is 1. The van der Waals surface area contributed by atoms with Gasteiger partial charge >= 0.3 is 0 Å². The Morgan fingerprint density at radius 3 is 2.74 bits per heavy atom. The molecule has 0 aliphatic carbocycles. The highest BCUT2D eigenvalue weighted by molar-refractivity contribution is 6.32. The van der Waals surface area contributed by atoms with Gasteiger partial charge in [-0.05, 0) is 24.5 Å². The molecule has 2 heterocycles. The number of anilines is 1. The Bertz CT molecular complexity index is 569. The molecule has 2 rings (SSSR count). The molecule has 0 saturated heterocycles. The van der Waals surface area contributed by atoms with Crippen LogP contribution in [0.3, 0.4) is 0 Å². The standard InChI is InChI=1S/C14H17ClN4/c1-9(2)7-10-8-12(16-3)19-14(18-10)13-11(15)5-4-6-17-13/h4-6,8-9H,7H2,1-3H3,(H,16,18,19). The van der Waals surface area contributed by atoms with Crippen molar-refractivity contribution >= 4 is 17.4 Å². The van der Waals surface area contributed by atoms with Crippen molar-refractivity contribution < 1.29 is 0 Å². The highest BCUT2D eigenvalue weighted by Gasteiger charge is 2.11. The summed E-state index contributed by atoms with van der Waals surface area (Å²) >= 11 is 6.15. The zero-order chi connectivity index (χ0) is 13.8. The van der Waals surface area contributed by atoms with Gasteiger partial charge in [0.15, 0.2) is 5.82 Å². The van der Waals surface area contributed by atoms with E-state index in [1.54, 1.807) is 18.3 Å². The number of pyridine rings is 1. The molecule has 0 aliphatic rings. The Morgan fingerprint density at radius 1 is 1.32 bits per heavy atom. The van der Waals surface area contributed by atoms with E-state index in [4.69, 9.17) is 11.6 Å². The third kappa shape index (κ3) is 3.41. The number of hydrogen-bond donors (Lipinski definition) is 1. The van der Waals surface area contributed by atoms with Gasteiger partial charge in [0, 0.05) is 25.0 Å². The second kappa shape index (κ2) is 5.97. The second-order valence-electron chi connectivity index (χ2n) is 4.75. The fourth-order valence-electron chi connectivity index (χ4n) is 1.80. The highest BCUT2D eigenvalue weighted by atomic mass is 35.5. The number of nitrogens with zero attached hydrogens (tertiary/aromatic N) is 3. The maximum atomic E-state index is 6.15. The molecule has 0 radical (unpaired) electrons. The summed E-state index contributed by atoms with van der Waals surface area (Å²) in [5.41, 5.74) is 1.61. The minimum absolute atomic E-state index is 0.534. The van der Waals surface area contributed by atoms with E-state index in [1.165, 1.54) is 0 Å². The number of hydrogen-bond acceptors (Lipinski definition) is 4. The van der Waals surface area contributed by atoms with Crippen molar-refractivity contribution in [3.63, 3.8) is 0 Å². The molecule has 5 heteroatoms. The van der Waals surface area contributed by atoms with Crippen LogP contribution >= 0.6 is 11.6 Å². The normalized spacial score (nSPS) is 10.8. The Kier molecular flexibility index (Phi) is 4.32. The zero-order valence-corrected chi connectivity index (χ0v) is 12.1. The van der Waals surface area contributed by atoms with E-state index >= 15 is 0 Å². The van der Waals surface area contributed by atoms with Crippen LogP contribution in [-0.4, -0.2) is 22.0 Å². The lowest BCUT2D eigenvalue weighted by Gasteiger charge is -2.09. The van der Waals surface area contributed by atoms with E-state index in [1.807, 2.05) is 13.1 Å². The third-order valence-electron chi connectivity index (χ3n) is 2.62. The van der Waals surface area contributed by atoms with Gasteiger partial charge in [0.25, 0.3) is 0 Å². The number of nitrogens with one attached hydrogen (secondary N) is 1. The highest BCUT2D eigenvalue weighted by Crippen LogP contribution is 2.24. The van der Waals surface area contributed by atoms with Crippen molar-refractivity contribution in [3.05, 3.63) is 35.1 Å². The predicted octanol–water partition coefficient (Wildman–Crippen LogP) is 3.43. The fourth-order valence-corrected chi connectivity index (χ4v) is 2.01. The van der Waals surface area contributed by atoms with E-state index in [0.29, 0.717) is 22.5 Å². The van der Waals surface area contributed by atoms with E-state index < -0.39 is 0 Å². The predicted molar refractivity (Wildman–Crippen MR) is 78.4 cm³/mol. The summed E-state index contributed by atoms with van der Waals surface area (Å²) in [4.78, 5) is 13.2. The molecule has 0 saturated carbocycles. The molecule has 0 bridgehead atoms. The number of aromatic nitrogens is 3. The Morgan fingerprint density at radius 2 is 2.11 bits per heavy atom. The topological polar surface area (TPSA) is 50.7 Å². The van der Waals surface area contributed by atoms with Gasteiger partial charge in [-0.1, -0.05) is 25.4 Å². The van der Waals surface area contributed by atoms with Gasteiger partial charge in [-0.2, -0.15) is 0 Å². The molecule has 4 nitrogen and oxygen atoms in total. The molecule has 100 valence electrons. The SMILES string of the molecule is CNc1cc(CC(C)C)nc(-c2ncccc2Cl)n1. The monoisotopic (exact) mass is 276 g/mol. The van der Waals surface area contributed by atoms with Gasteiger partial charge < -0.3 is 5.32 Å². The Labute approximate surface area is 118 Å². The van der Waals surface area contributed by atoms with Gasteiger partial charge in [0.05, 0.1) is 5.02 Å². The lowest BCUT2D eigenvalue weighted by molar-refractivity contribution is 0.635. The average molecular weight is 277 g/mol. The van der Waals surface area contributed by atoms with E-state index in [0.717, 1.165) is 17.9 Å². The average Bonchev–Trinajstić information content (AvgIpc) is 2.38.